The number of rotatable bonds is 10. The number of nitrogen functional groups attached to an aromatic ring is 1. The van der Waals surface area contributed by atoms with Crippen LogP contribution in [-0.2, 0) is 6.42 Å². The predicted molar refractivity (Wildman–Crippen MR) is 148 cm³/mol. The van der Waals surface area contributed by atoms with Crippen molar-refractivity contribution in [3.8, 4) is 0 Å². The van der Waals surface area contributed by atoms with E-state index in [0.29, 0.717) is 6.04 Å². The average Bonchev–Trinajstić information content (AvgIpc) is 3.19. The summed E-state index contributed by atoms with van der Waals surface area (Å²) in [5.41, 5.74) is 18.3. The van der Waals surface area contributed by atoms with E-state index in [4.69, 9.17) is 5.73 Å². The minimum absolute atomic E-state index is 0.580. The largest absolute Gasteiger partial charge is 0.399 e. The van der Waals surface area contributed by atoms with Crippen molar-refractivity contribution >= 4 is 11.4 Å². The van der Waals surface area contributed by atoms with Crippen molar-refractivity contribution in [2.75, 3.05) is 24.2 Å². The van der Waals surface area contributed by atoms with Crippen molar-refractivity contribution in [3.63, 3.8) is 0 Å². The molecule has 0 aliphatic heterocycles. The maximum absolute atomic E-state index is 5.53. The van der Waals surface area contributed by atoms with E-state index in [1.807, 2.05) is 24.3 Å². The Morgan fingerprint density at radius 3 is 2.50 bits per heavy atom. The molecule has 0 saturated carbocycles. The monoisotopic (exact) mass is 460 g/mol. The van der Waals surface area contributed by atoms with Gasteiger partial charge in [-0.2, -0.15) is 0 Å². The van der Waals surface area contributed by atoms with Gasteiger partial charge in [0.1, 0.15) is 0 Å². The first-order chi connectivity index (χ1) is 16.6. The van der Waals surface area contributed by atoms with Crippen LogP contribution in [0.4, 0.5) is 11.4 Å². The van der Waals surface area contributed by atoms with Gasteiger partial charge in [-0.3, -0.25) is 0 Å². The molecule has 0 fully saturated rings. The summed E-state index contributed by atoms with van der Waals surface area (Å²) in [4.78, 5) is 0. The Kier molecular flexibility index (Phi) is 10.7. The zero-order valence-electron chi connectivity index (χ0n) is 21.3. The van der Waals surface area contributed by atoms with E-state index in [9.17, 15) is 0 Å². The summed E-state index contributed by atoms with van der Waals surface area (Å²) in [6, 6.07) is 19.1. The lowest BCUT2D eigenvalue weighted by Gasteiger charge is -2.24. The molecule has 4 nitrogen and oxygen atoms in total. The zero-order valence-corrected chi connectivity index (χ0v) is 21.3. The van der Waals surface area contributed by atoms with Crippen molar-refractivity contribution in [1.82, 2.24) is 10.7 Å². The number of anilines is 2. The fourth-order valence-electron chi connectivity index (χ4n) is 4.86. The van der Waals surface area contributed by atoms with E-state index in [1.165, 1.54) is 37.7 Å². The SMILES string of the molecule is CCC(CNC1C2=C(CCC=C2)CC1C)Cc1ccccc1.CCCNNc1ccc(N)cc1. The number of hydrogen-bond acceptors (Lipinski definition) is 4. The van der Waals surface area contributed by atoms with E-state index in [1.54, 1.807) is 11.1 Å². The van der Waals surface area contributed by atoms with Crippen LogP contribution in [0.5, 0.6) is 0 Å². The highest BCUT2D eigenvalue weighted by molar-refractivity contribution is 5.50. The van der Waals surface area contributed by atoms with Crippen LogP contribution in [0.3, 0.4) is 0 Å². The van der Waals surface area contributed by atoms with Crippen LogP contribution in [0.15, 0.2) is 77.9 Å². The van der Waals surface area contributed by atoms with E-state index in [-0.39, 0.29) is 0 Å². The molecule has 34 heavy (non-hydrogen) atoms. The van der Waals surface area contributed by atoms with Crippen molar-refractivity contribution in [2.45, 2.75) is 65.3 Å². The third-order valence-electron chi connectivity index (χ3n) is 6.88. The fraction of sp³-hybridized carbons (Fsp3) is 0.467. The molecule has 184 valence electrons. The van der Waals surface area contributed by atoms with Gasteiger partial charge in [-0.05, 0) is 85.9 Å². The van der Waals surface area contributed by atoms with Crippen LogP contribution in [0.25, 0.3) is 0 Å². The Morgan fingerprint density at radius 2 is 1.79 bits per heavy atom. The van der Waals surface area contributed by atoms with Crippen molar-refractivity contribution in [2.24, 2.45) is 11.8 Å². The van der Waals surface area contributed by atoms with Gasteiger partial charge in [0.25, 0.3) is 0 Å². The molecule has 2 aliphatic carbocycles. The Bertz CT molecular complexity index is 901. The third kappa shape index (κ3) is 8.03. The Balaban J connectivity index is 0.000000229. The number of nitrogens with one attached hydrogen (secondary N) is 3. The summed E-state index contributed by atoms with van der Waals surface area (Å²) in [6.07, 6.45) is 12.1. The summed E-state index contributed by atoms with van der Waals surface area (Å²) in [5, 5.41) is 3.89. The molecule has 3 unspecified atom stereocenters. The van der Waals surface area contributed by atoms with Gasteiger partial charge in [0.15, 0.2) is 0 Å². The highest BCUT2D eigenvalue weighted by Gasteiger charge is 2.31. The molecular weight excluding hydrogens is 416 g/mol. The lowest BCUT2D eigenvalue weighted by atomic mass is 9.94. The zero-order chi connectivity index (χ0) is 24.2. The van der Waals surface area contributed by atoms with Crippen LogP contribution >= 0.6 is 0 Å². The molecule has 2 aromatic carbocycles. The van der Waals surface area contributed by atoms with E-state index >= 15 is 0 Å². The third-order valence-corrected chi connectivity index (χ3v) is 6.88. The average molecular weight is 461 g/mol. The molecular formula is C30H44N4. The molecule has 5 N–H and O–H groups in total. The molecule has 2 aliphatic rings. The summed E-state index contributed by atoms with van der Waals surface area (Å²) in [6.45, 7) is 8.94. The number of nitrogens with two attached hydrogens (primary N) is 1. The molecule has 0 saturated heterocycles. The van der Waals surface area contributed by atoms with Crippen molar-refractivity contribution in [3.05, 3.63) is 83.5 Å². The summed E-state index contributed by atoms with van der Waals surface area (Å²) in [5.74, 6) is 1.48. The molecule has 0 amide bonds. The van der Waals surface area contributed by atoms with Gasteiger partial charge < -0.3 is 16.5 Å². The molecule has 0 spiro atoms. The number of hydrazine groups is 1. The van der Waals surface area contributed by atoms with Gasteiger partial charge in [-0.15, -0.1) is 0 Å². The normalized spacial score (nSPS) is 19.9. The quantitative estimate of drug-likeness (QED) is 0.186. The number of benzene rings is 2. The van der Waals surface area contributed by atoms with Crippen molar-refractivity contribution < 1.29 is 0 Å². The lowest BCUT2D eigenvalue weighted by Crippen LogP contribution is -2.37. The topological polar surface area (TPSA) is 62.1 Å². The number of allylic oxidation sites excluding steroid dienone is 2. The minimum atomic E-state index is 0.580. The summed E-state index contributed by atoms with van der Waals surface area (Å²) >= 11 is 0. The van der Waals surface area contributed by atoms with Gasteiger partial charge in [-0.25, -0.2) is 5.43 Å². The second-order valence-corrected chi connectivity index (χ2v) is 9.71. The summed E-state index contributed by atoms with van der Waals surface area (Å²) < 4.78 is 0. The molecule has 2 aromatic rings. The molecule has 0 bridgehead atoms. The standard InChI is InChI=1S/C21H29N.C9H15N3/c1-3-17(14-18-9-5-4-6-10-18)15-22-21-16(2)13-19-11-7-8-12-20(19)21;1-2-7-11-12-9-5-3-8(10)4-6-9/h4-6,8-10,12,16-17,21-22H,3,7,11,13-15H2,1-2H3;3-6,11-12H,2,7,10H2,1H3. The van der Waals surface area contributed by atoms with E-state index in [2.05, 4.69) is 79.4 Å². The first-order valence-corrected chi connectivity index (χ1v) is 13.1. The smallest absolute Gasteiger partial charge is 0.0489 e. The highest BCUT2D eigenvalue weighted by atomic mass is 15.3. The van der Waals surface area contributed by atoms with Crippen LogP contribution in [0.1, 0.15) is 58.4 Å². The maximum Gasteiger partial charge on any atom is 0.0489 e. The molecule has 0 radical (unpaired) electrons. The van der Waals surface area contributed by atoms with Gasteiger partial charge in [0.05, 0.1) is 0 Å². The lowest BCUT2D eigenvalue weighted by molar-refractivity contribution is 0.389. The molecule has 0 heterocycles. The fourth-order valence-corrected chi connectivity index (χ4v) is 4.86. The van der Waals surface area contributed by atoms with E-state index in [0.717, 1.165) is 42.7 Å². The second-order valence-electron chi connectivity index (χ2n) is 9.71. The molecule has 0 aromatic heterocycles. The first kappa shape index (κ1) is 26.1. The molecule has 3 atom stereocenters. The second kappa shape index (κ2) is 14.0. The van der Waals surface area contributed by atoms with Gasteiger partial charge in [-0.1, -0.05) is 75.2 Å². The van der Waals surface area contributed by atoms with Crippen molar-refractivity contribution in [1.29, 1.82) is 0 Å². The summed E-state index contributed by atoms with van der Waals surface area (Å²) in [7, 11) is 0. The first-order valence-electron chi connectivity index (χ1n) is 13.1. The van der Waals surface area contributed by atoms with Gasteiger partial charge in [0.2, 0.25) is 0 Å². The van der Waals surface area contributed by atoms with Crippen LogP contribution in [0.2, 0.25) is 0 Å². The van der Waals surface area contributed by atoms with Gasteiger partial charge >= 0.3 is 0 Å². The van der Waals surface area contributed by atoms with Crippen LogP contribution < -0.4 is 21.9 Å². The van der Waals surface area contributed by atoms with Crippen LogP contribution in [-0.4, -0.2) is 19.1 Å². The van der Waals surface area contributed by atoms with E-state index < -0.39 is 0 Å². The molecule has 4 heteroatoms. The maximum atomic E-state index is 5.53. The Hall–Kier alpha value is -2.56. The highest BCUT2D eigenvalue weighted by Crippen LogP contribution is 2.37. The van der Waals surface area contributed by atoms with Gasteiger partial charge in [0, 0.05) is 24.0 Å². The van der Waals surface area contributed by atoms with Crippen LogP contribution in [0, 0.1) is 11.8 Å². The Labute approximate surface area is 207 Å². The predicted octanol–water partition coefficient (Wildman–Crippen LogP) is 6.50. The number of hydrogen-bond donors (Lipinski definition) is 4. The molecule has 4 rings (SSSR count). The minimum Gasteiger partial charge on any atom is -0.399 e. The Morgan fingerprint density at radius 1 is 1.03 bits per heavy atom.